The molecule has 1 saturated heterocycles. The Morgan fingerprint density at radius 2 is 2.38 bits per heavy atom. The summed E-state index contributed by atoms with van der Waals surface area (Å²) in [7, 11) is 0. The third-order valence-electron chi connectivity index (χ3n) is 2.61. The maximum Gasteiger partial charge on any atom is 0.251 e. The van der Waals surface area contributed by atoms with Crippen molar-refractivity contribution in [1.82, 2.24) is 10.3 Å². The lowest BCUT2D eigenvalue weighted by atomic mass is 9.89. The average molecular weight is 222 g/mol. The van der Waals surface area contributed by atoms with Crippen molar-refractivity contribution >= 4 is 5.91 Å². The van der Waals surface area contributed by atoms with Crippen LogP contribution < -0.4 is 10.9 Å². The summed E-state index contributed by atoms with van der Waals surface area (Å²) in [6.07, 6.45) is 1.46. The van der Waals surface area contributed by atoms with Crippen molar-refractivity contribution in [1.29, 1.82) is 0 Å². The molecule has 0 aromatic carbocycles. The van der Waals surface area contributed by atoms with Crippen molar-refractivity contribution in [3.05, 3.63) is 34.2 Å². The molecule has 0 atom stereocenters. The highest BCUT2D eigenvalue weighted by atomic mass is 16.5. The van der Waals surface area contributed by atoms with Gasteiger partial charge in [0.2, 0.25) is 5.56 Å². The van der Waals surface area contributed by atoms with E-state index >= 15 is 0 Å². The standard InChI is InChI=1S/C11H14N2O3/c1-11(6-16-7-11)5-13-10(15)8-2-3-12-9(14)4-8/h2-4H,5-7H2,1H3,(H,12,14)(H,13,15). The number of H-pyrrole nitrogens is 1. The summed E-state index contributed by atoms with van der Waals surface area (Å²) < 4.78 is 5.09. The largest absolute Gasteiger partial charge is 0.380 e. The molecule has 0 saturated carbocycles. The van der Waals surface area contributed by atoms with E-state index in [-0.39, 0.29) is 16.9 Å². The van der Waals surface area contributed by atoms with Crippen molar-refractivity contribution in [3.63, 3.8) is 0 Å². The number of ether oxygens (including phenoxy) is 1. The molecule has 1 aliphatic heterocycles. The molecule has 2 N–H and O–H groups in total. The molecule has 1 aromatic heterocycles. The summed E-state index contributed by atoms with van der Waals surface area (Å²) in [4.78, 5) is 25.2. The third kappa shape index (κ3) is 2.30. The summed E-state index contributed by atoms with van der Waals surface area (Å²) in [5, 5.41) is 2.80. The van der Waals surface area contributed by atoms with Gasteiger partial charge in [-0.25, -0.2) is 0 Å². The van der Waals surface area contributed by atoms with Crippen LogP contribution in [0.15, 0.2) is 23.1 Å². The quantitative estimate of drug-likeness (QED) is 0.764. The first-order valence-electron chi connectivity index (χ1n) is 5.14. The number of aromatic amines is 1. The van der Waals surface area contributed by atoms with Gasteiger partial charge in [-0.3, -0.25) is 9.59 Å². The fourth-order valence-corrected chi connectivity index (χ4v) is 1.53. The predicted octanol–water partition coefficient (Wildman–Crippen LogP) is 0.141. The van der Waals surface area contributed by atoms with Crippen LogP contribution in [0.5, 0.6) is 0 Å². The summed E-state index contributed by atoms with van der Waals surface area (Å²) in [6, 6.07) is 2.87. The molecule has 1 aliphatic rings. The number of hydrogen-bond acceptors (Lipinski definition) is 3. The predicted molar refractivity (Wildman–Crippen MR) is 58.3 cm³/mol. The molecule has 1 aromatic rings. The number of carbonyl (C=O) groups is 1. The van der Waals surface area contributed by atoms with Gasteiger partial charge in [-0.1, -0.05) is 6.92 Å². The average Bonchev–Trinajstić information content (AvgIpc) is 2.23. The lowest BCUT2D eigenvalue weighted by Gasteiger charge is -2.37. The lowest BCUT2D eigenvalue weighted by molar-refractivity contribution is -0.0978. The SMILES string of the molecule is CC1(CNC(=O)c2cc[nH]c(=O)c2)COC1. The maximum atomic E-state index is 11.7. The van der Waals surface area contributed by atoms with Gasteiger partial charge in [0.1, 0.15) is 0 Å². The number of pyridine rings is 1. The molecule has 0 spiro atoms. The van der Waals surface area contributed by atoms with Crippen molar-refractivity contribution in [3.8, 4) is 0 Å². The molecular weight excluding hydrogens is 208 g/mol. The van der Waals surface area contributed by atoms with E-state index < -0.39 is 0 Å². The molecule has 0 aliphatic carbocycles. The maximum absolute atomic E-state index is 11.7. The van der Waals surface area contributed by atoms with Crippen molar-refractivity contribution in [2.45, 2.75) is 6.92 Å². The minimum Gasteiger partial charge on any atom is -0.380 e. The molecule has 16 heavy (non-hydrogen) atoms. The Labute approximate surface area is 92.8 Å². The van der Waals surface area contributed by atoms with Crippen LogP contribution in [0.3, 0.4) is 0 Å². The topological polar surface area (TPSA) is 71.2 Å². The Morgan fingerprint density at radius 1 is 1.62 bits per heavy atom. The van der Waals surface area contributed by atoms with Crippen LogP contribution in [0.4, 0.5) is 0 Å². The van der Waals surface area contributed by atoms with E-state index in [4.69, 9.17) is 4.74 Å². The fourth-order valence-electron chi connectivity index (χ4n) is 1.53. The molecule has 5 nitrogen and oxygen atoms in total. The van der Waals surface area contributed by atoms with Gasteiger partial charge in [0.25, 0.3) is 5.91 Å². The monoisotopic (exact) mass is 222 g/mol. The molecule has 0 radical (unpaired) electrons. The van der Waals surface area contributed by atoms with Crippen LogP contribution in [-0.2, 0) is 4.74 Å². The van der Waals surface area contributed by atoms with E-state index in [0.717, 1.165) is 0 Å². The van der Waals surface area contributed by atoms with Gasteiger partial charge in [-0.05, 0) is 6.07 Å². The van der Waals surface area contributed by atoms with Crippen molar-refractivity contribution in [2.75, 3.05) is 19.8 Å². The van der Waals surface area contributed by atoms with Crippen LogP contribution >= 0.6 is 0 Å². The number of aromatic nitrogens is 1. The zero-order valence-corrected chi connectivity index (χ0v) is 9.08. The van der Waals surface area contributed by atoms with Crippen LogP contribution in [-0.4, -0.2) is 30.6 Å². The molecular formula is C11H14N2O3. The van der Waals surface area contributed by atoms with Gasteiger partial charge in [-0.2, -0.15) is 0 Å². The summed E-state index contributed by atoms with van der Waals surface area (Å²) >= 11 is 0. The second-order valence-electron chi connectivity index (χ2n) is 4.43. The molecule has 5 heteroatoms. The molecule has 86 valence electrons. The normalized spacial score (nSPS) is 17.6. The first kappa shape index (κ1) is 10.9. The first-order valence-corrected chi connectivity index (χ1v) is 5.14. The van der Waals surface area contributed by atoms with Gasteiger partial charge in [0.15, 0.2) is 0 Å². The first-order chi connectivity index (χ1) is 7.59. The summed E-state index contributed by atoms with van der Waals surface area (Å²) in [6.45, 7) is 3.96. The van der Waals surface area contributed by atoms with Crippen LogP contribution in [0.1, 0.15) is 17.3 Å². The molecule has 0 bridgehead atoms. The van der Waals surface area contributed by atoms with Crippen molar-refractivity contribution in [2.24, 2.45) is 5.41 Å². The van der Waals surface area contributed by atoms with E-state index in [9.17, 15) is 9.59 Å². The minimum absolute atomic E-state index is 0.0386. The van der Waals surface area contributed by atoms with Crippen LogP contribution in [0.25, 0.3) is 0 Å². The van der Waals surface area contributed by atoms with Gasteiger partial charge >= 0.3 is 0 Å². The minimum atomic E-state index is -0.272. The van der Waals surface area contributed by atoms with E-state index in [2.05, 4.69) is 17.2 Å². The van der Waals surface area contributed by atoms with E-state index in [1.54, 1.807) is 6.07 Å². The zero-order chi connectivity index (χ0) is 11.6. The van der Waals surface area contributed by atoms with E-state index in [1.165, 1.54) is 12.3 Å². The summed E-state index contributed by atoms with van der Waals surface area (Å²) in [5.74, 6) is -0.223. The second-order valence-corrected chi connectivity index (χ2v) is 4.43. The molecule has 2 heterocycles. The number of carbonyl (C=O) groups excluding carboxylic acids is 1. The summed E-state index contributed by atoms with van der Waals surface area (Å²) in [5.41, 5.74) is 0.148. The Bertz CT molecular complexity index is 449. The highest BCUT2D eigenvalue weighted by Gasteiger charge is 2.33. The van der Waals surface area contributed by atoms with Crippen LogP contribution in [0, 0.1) is 5.41 Å². The number of hydrogen-bond donors (Lipinski definition) is 2. The number of rotatable bonds is 3. The van der Waals surface area contributed by atoms with Gasteiger partial charge in [-0.15, -0.1) is 0 Å². The number of amides is 1. The molecule has 1 amide bonds. The lowest BCUT2D eigenvalue weighted by Crippen LogP contribution is -2.48. The Balaban J connectivity index is 1.95. The zero-order valence-electron chi connectivity index (χ0n) is 9.08. The smallest absolute Gasteiger partial charge is 0.251 e. The molecule has 1 fully saturated rings. The Morgan fingerprint density at radius 3 is 2.94 bits per heavy atom. The van der Waals surface area contributed by atoms with Gasteiger partial charge in [0, 0.05) is 29.8 Å². The Hall–Kier alpha value is -1.62. The van der Waals surface area contributed by atoms with Gasteiger partial charge in [0.05, 0.1) is 13.2 Å². The van der Waals surface area contributed by atoms with Crippen molar-refractivity contribution < 1.29 is 9.53 Å². The Kier molecular flexibility index (Phi) is 2.78. The third-order valence-corrected chi connectivity index (χ3v) is 2.61. The van der Waals surface area contributed by atoms with Gasteiger partial charge < -0.3 is 15.0 Å². The van der Waals surface area contributed by atoms with Crippen LogP contribution in [0.2, 0.25) is 0 Å². The highest BCUT2D eigenvalue weighted by Crippen LogP contribution is 2.25. The fraction of sp³-hybridized carbons (Fsp3) is 0.455. The second kappa shape index (κ2) is 4.09. The molecule has 0 unspecified atom stereocenters. The number of nitrogens with one attached hydrogen (secondary N) is 2. The van der Waals surface area contributed by atoms with E-state index in [1.807, 2.05) is 0 Å². The molecule has 2 rings (SSSR count). The highest BCUT2D eigenvalue weighted by molar-refractivity contribution is 5.93. The van der Waals surface area contributed by atoms with E-state index in [0.29, 0.717) is 25.3 Å².